The van der Waals surface area contributed by atoms with Crippen molar-refractivity contribution in [3.8, 4) is 17.2 Å². The molecule has 1 amide bonds. The maximum atomic E-state index is 12.5. The van der Waals surface area contributed by atoms with Gasteiger partial charge in [-0.1, -0.05) is 30.3 Å². The van der Waals surface area contributed by atoms with Gasteiger partial charge in [0.05, 0.1) is 12.2 Å². The predicted octanol–water partition coefficient (Wildman–Crippen LogP) is 4.72. The second kappa shape index (κ2) is 10.7. The van der Waals surface area contributed by atoms with Gasteiger partial charge in [-0.2, -0.15) is 4.99 Å². The average molecular weight is 474 g/mol. The van der Waals surface area contributed by atoms with Gasteiger partial charge < -0.3 is 19.0 Å². The Balaban J connectivity index is 1.44. The van der Waals surface area contributed by atoms with E-state index in [2.05, 4.69) is 11.6 Å². The molecule has 1 N–H and O–H groups in total. The molecule has 2 aliphatic rings. The Morgan fingerprint density at radius 3 is 2.63 bits per heavy atom. The quantitative estimate of drug-likeness (QED) is 0.305. The third-order valence-corrected chi connectivity index (χ3v) is 5.19. The van der Waals surface area contributed by atoms with Crippen molar-refractivity contribution >= 4 is 23.7 Å². The summed E-state index contributed by atoms with van der Waals surface area (Å²) in [4.78, 5) is 22.0. The van der Waals surface area contributed by atoms with Gasteiger partial charge in [-0.05, 0) is 55.7 Å². The van der Waals surface area contributed by atoms with Gasteiger partial charge in [0, 0.05) is 6.08 Å². The molecular formula is C27H27N3O5. The zero-order valence-electron chi connectivity index (χ0n) is 19.7. The zero-order chi connectivity index (χ0) is 24.8. The van der Waals surface area contributed by atoms with Crippen LogP contribution in [0.1, 0.15) is 25.0 Å². The lowest BCUT2D eigenvalue weighted by atomic mass is 10.1. The highest BCUT2D eigenvalue weighted by Crippen LogP contribution is 2.31. The molecule has 35 heavy (non-hydrogen) atoms. The number of allylic oxidation sites excluding steroid dienone is 2. The van der Waals surface area contributed by atoms with E-state index in [0.717, 1.165) is 17.7 Å². The summed E-state index contributed by atoms with van der Waals surface area (Å²) in [6.45, 7) is 8.53. The summed E-state index contributed by atoms with van der Waals surface area (Å²) in [5, 5.41) is 9.60. The summed E-state index contributed by atoms with van der Waals surface area (Å²) >= 11 is 0. The Labute approximate surface area is 204 Å². The van der Waals surface area contributed by atoms with Crippen LogP contribution in [0.2, 0.25) is 0 Å². The van der Waals surface area contributed by atoms with E-state index in [9.17, 15) is 4.79 Å². The number of hydrogen-bond acceptors (Lipinski definition) is 6. The molecule has 0 aliphatic carbocycles. The van der Waals surface area contributed by atoms with Gasteiger partial charge in [0.2, 0.25) is 0 Å². The van der Waals surface area contributed by atoms with E-state index >= 15 is 0 Å². The molecule has 0 saturated heterocycles. The van der Waals surface area contributed by atoms with Crippen LogP contribution in [0.25, 0.3) is 6.08 Å². The predicted molar refractivity (Wildman–Crippen MR) is 134 cm³/mol. The molecule has 0 unspecified atom stereocenters. The third kappa shape index (κ3) is 5.43. The summed E-state index contributed by atoms with van der Waals surface area (Å²) in [6, 6.07) is 13.2. The number of fused-ring (bicyclic) bond motifs is 1. The number of carbonyl (C=O) groups excluding carboxylic acids is 1. The van der Waals surface area contributed by atoms with Crippen molar-refractivity contribution in [1.29, 1.82) is 5.41 Å². The van der Waals surface area contributed by atoms with Crippen LogP contribution in [0.15, 0.2) is 77.5 Å². The van der Waals surface area contributed by atoms with Crippen molar-refractivity contribution in [3.63, 3.8) is 0 Å². The van der Waals surface area contributed by atoms with Crippen LogP contribution in [0, 0.1) is 5.41 Å². The molecule has 0 radical (unpaired) electrons. The molecule has 8 nitrogen and oxygen atoms in total. The zero-order valence-corrected chi connectivity index (χ0v) is 19.7. The largest absolute Gasteiger partial charge is 0.490 e. The molecule has 4 rings (SSSR count). The summed E-state index contributed by atoms with van der Waals surface area (Å²) in [5.41, 5.74) is 1.87. The summed E-state index contributed by atoms with van der Waals surface area (Å²) in [7, 11) is 0. The Hall–Kier alpha value is -4.33. The first kappa shape index (κ1) is 23.8. The van der Waals surface area contributed by atoms with Crippen LogP contribution in [0.4, 0.5) is 0 Å². The van der Waals surface area contributed by atoms with E-state index in [-0.39, 0.29) is 11.4 Å². The van der Waals surface area contributed by atoms with Gasteiger partial charge >= 0.3 is 0 Å². The number of hydroxylamine groups is 2. The molecule has 2 aromatic carbocycles. The minimum Gasteiger partial charge on any atom is -0.490 e. The maximum Gasteiger partial charge on any atom is 0.282 e. The standard InChI is InChI=1S/C27H27N3O5/c1-4-8-20-9-6-7-10-22(20)33-13-14-34-23-12-11-19(17-24(23)32-5-2)16-21-26(28)30-25(29-27(21)31)15-18(3)35-30/h4,6-7,9-12,15-17,28H,1,5,8,13-14H2,2-3H3/b21-16-,28-26?. The van der Waals surface area contributed by atoms with E-state index in [1.54, 1.807) is 37.3 Å². The van der Waals surface area contributed by atoms with E-state index in [4.69, 9.17) is 24.5 Å². The minimum absolute atomic E-state index is 0.0692. The van der Waals surface area contributed by atoms with Gasteiger partial charge in [-0.15, -0.1) is 11.6 Å². The second-order valence-electron chi connectivity index (χ2n) is 7.76. The molecule has 2 heterocycles. The number of amides is 1. The number of hydrogen-bond donors (Lipinski definition) is 1. The SMILES string of the molecule is C=CCc1ccccc1OCCOc1ccc(/C=C2/C(=N)N3OC(C)=CC3=NC2=O)cc1OCC. The lowest BCUT2D eigenvalue weighted by Crippen LogP contribution is -2.38. The number of benzene rings is 2. The number of nitrogens with zero attached hydrogens (tertiary/aromatic N) is 2. The summed E-state index contributed by atoms with van der Waals surface area (Å²) in [5.74, 6) is 2.20. The van der Waals surface area contributed by atoms with E-state index < -0.39 is 5.91 Å². The smallest absolute Gasteiger partial charge is 0.282 e. The van der Waals surface area contributed by atoms with E-state index in [1.165, 1.54) is 5.06 Å². The van der Waals surface area contributed by atoms with E-state index in [0.29, 0.717) is 48.5 Å². The third-order valence-electron chi connectivity index (χ3n) is 5.19. The monoisotopic (exact) mass is 473 g/mol. The molecule has 0 bridgehead atoms. The molecule has 0 saturated carbocycles. The lowest BCUT2D eigenvalue weighted by molar-refractivity contribution is -0.114. The van der Waals surface area contributed by atoms with Crippen LogP contribution < -0.4 is 14.2 Å². The van der Waals surface area contributed by atoms with Crippen molar-refractivity contribution in [2.45, 2.75) is 20.3 Å². The average Bonchev–Trinajstić information content (AvgIpc) is 3.22. The fraction of sp³-hybridized carbons (Fsp3) is 0.222. The van der Waals surface area contributed by atoms with Gasteiger partial charge in [-0.25, -0.2) is 0 Å². The molecule has 0 atom stereocenters. The number of nitrogens with one attached hydrogen (secondary N) is 1. The first-order valence-corrected chi connectivity index (χ1v) is 11.3. The minimum atomic E-state index is -0.497. The molecule has 180 valence electrons. The Morgan fingerprint density at radius 2 is 1.86 bits per heavy atom. The van der Waals surface area contributed by atoms with Gasteiger partial charge in [0.1, 0.15) is 24.7 Å². The number of carbonyl (C=O) groups is 1. The Bertz CT molecular complexity index is 1250. The van der Waals surface area contributed by atoms with Crippen LogP contribution >= 0.6 is 0 Å². The maximum absolute atomic E-state index is 12.5. The molecule has 0 aromatic heterocycles. The van der Waals surface area contributed by atoms with Crippen molar-refractivity contribution in [2.24, 2.45) is 4.99 Å². The number of amidine groups is 2. The molecule has 2 aromatic rings. The van der Waals surface area contributed by atoms with Crippen LogP contribution in [-0.4, -0.2) is 42.5 Å². The molecule has 2 aliphatic heterocycles. The highest BCUT2D eigenvalue weighted by atomic mass is 16.7. The van der Waals surface area contributed by atoms with Crippen LogP contribution in [0.3, 0.4) is 0 Å². The Morgan fingerprint density at radius 1 is 1.09 bits per heavy atom. The summed E-state index contributed by atoms with van der Waals surface area (Å²) in [6.07, 6.45) is 5.78. The van der Waals surface area contributed by atoms with Crippen molar-refractivity contribution in [3.05, 3.63) is 83.7 Å². The van der Waals surface area contributed by atoms with Gasteiger partial charge in [-0.3, -0.25) is 10.2 Å². The normalized spacial score (nSPS) is 15.8. The van der Waals surface area contributed by atoms with Crippen molar-refractivity contribution in [2.75, 3.05) is 19.8 Å². The van der Waals surface area contributed by atoms with Gasteiger partial charge in [0.15, 0.2) is 23.2 Å². The lowest BCUT2D eigenvalue weighted by Gasteiger charge is -2.23. The molecular weight excluding hydrogens is 446 g/mol. The van der Waals surface area contributed by atoms with Crippen molar-refractivity contribution in [1.82, 2.24) is 5.06 Å². The highest BCUT2D eigenvalue weighted by Gasteiger charge is 2.34. The fourth-order valence-electron chi connectivity index (χ4n) is 3.64. The Kier molecular flexibility index (Phi) is 7.30. The first-order valence-electron chi connectivity index (χ1n) is 11.3. The second-order valence-corrected chi connectivity index (χ2v) is 7.76. The van der Waals surface area contributed by atoms with Gasteiger partial charge in [0.25, 0.3) is 5.91 Å². The highest BCUT2D eigenvalue weighted by molar-refractivity contribution is 6.32. The van der Waals surface area contributed by atoms with E-state index in [1.807, 2.05) is 37.3 Å². The summed E-state index contributed by atoms with van der Waals surface area (Å²) < 4.78 is 17.5. The first-order chi connectivity index (χ1) is 17.0. The topological polar surface area (TPSA) is 93.4 Å². The molecule has 8 heteroatoms. The van der Waals surface area contributed by atoms with Crippen molar-refractivity contribution < 1.29 is 23.8 Å². The molecule has 0 fully saturated rings. The van der Waals surface area contributed by atoms with Crippen LogP contribution in [-0.2, 0) is 16.1 Å². The molecule has 0 spiro atoms. The fourth-order valence-corrected chi connectivity index (χ4v) is 3.64. The number of rotatable bonds is 10. The van der Waals surface area contributed by atoms with Crippen LogP contribution in [0.5, 0.6) is 17.2 Å². The number of aliphatic imine (C=N–C) groups is 1. The number of ether oxygens (including phenoxy) is 3. The number of para-hydroxylation sites is 1.